The van der Waals surface area contributed by atoms with Gasteiger partial charge in [-0.1, -0.05) is 84.8 Å². The SMILES string of the molecule is C#CC1=CN(C(C(=O)N2CCN(c3ccccc3)CC2)c2ccccc2)C=NC1.CC(=O)[C@@H](COCc1ccccc1)NC(=O)C(C)(C)N. The van der Waals surface area contributed by atoms with Crippen LogP contribution in [-0.4, -0.2) is 84.6 Å². The highest BCUT2D eigenvalue weighted by Gasteiger charge is 2.32. The van der Waals surface area contributed by atoms with Crippen LogP contribution in [0, 0.1) is 12.3 Å². The summed E-state index contributed by atoms with van der Waals surface area (Å²) >= 11 is 0. The molecule has 2 amide bonds. The number of para-hydroxylation sites is 1. The monoisotopic (exact) mass is 662 g/mol. The lowest BCUT2D eigenvalue weighted by atomic mass is 10.0. The molecule has 0 bridgehead atoms. The van der Waals surface area contributed by atoms with Crippen LogP contribution in [0.1, 0.15) is 37.9 Å². The number of rotatable bonds is 11. The molecule has 0 aliphatic carbocycles. The van der Waals surface area contributed by atoms with Gasteiger partial charge in [0.1, 0.15) is 12.1 Å². The number of amides is 2. The van der Waals surface area contributed by atoms with E-state index in [1.165, 1.54) is 12.6 Å². The molecule has 0 spiro atoms. The number of aliphatic imine (C=N–C) groups is 1. The Morgan fingerprint density at radius 1 is 0.939 bits per heavy atom. The van der Waals surface area contributed by atoms with Gasteiger partial charge in [0.25, 0.3) is 0 Å². The molecule has 2 heterocycles. The molecule has 0 aromatic heterocycles. The van der Waals surface area contributed by atoms with Gasteiger partial charge in [0.15, 0.2) is 5.78 Å². The van der Waals surface area contributed by atoms with Crippen LogP contribution in [0.3, 0.4) is 0 Å². The molecule has 3 aromatic carbocycles. The van der Waals surface area contributed by atoms with Crippen molar-refractivity contribution in [1.29, 1.82) is 0 Å². The van der Waals surface area contributed by atoms with Crippen LogP contribution in [0.25, 0.3) is 0 Å². The molecule has 3 aromatic rings. The number of nitrogens with one attached hydrogen (secondary N) is 1. The zero-order valence-corrected chi connectivity index (χ0v) is 28.5. The van der Waals surface area contributed by atoms with E-state index in [0.717, 1.165) is 29.8 Å². The summed E-state index contributed by atoms with van der Waals surface area (Å²) in [6.07, 6.45) is 9.16. The fraction of sp³-hybridized carbons (Fsp3) is 0.333. The first kappa shape index (κ1) is 36.6. The average Bonchev–Trinajstić information content (AvgIpc) is 3.12. The lowest BCUT2D eigenvalue weighted by Gasteiger charge is -2.39. The molecule has 1 unspecified atom stereocenters. The summed E-state index contributed by atoms with van der Waals surface area (Å²) in [6, 6.07) is 28.6. The third kappa shape index (κ3) is 10.9. The number of ether oxygens (including phenoxy) is 1. The van der Waals surface area contributed by atoms with Crippen LogP contribution < -0.4 is 16.0 Å². The van der Waals surface area contributed by atoms with Gasteiger partial charge < -0.3 is 30.5 Å². The Morgan fingerprint density at radius 3 is 2.10 bits per heavy atom. The maximum Gasteiger partial charge on any atom is 0.250 e. The second-order valence-corrected chi connectivity index (χ2v) is 12.5. The fourth-order valence-corrected chi connectivity index (χ4v) is 5.26. The van der Waals surface area contributed by atoms with Crippen molar-refractivity contribution in [1.82, 2.24) is 15.1 Å². The average molecular weight is 663 g/mol. The Morgan fingerprint density at radius 2 is 1.53 bits per heavy atom. The van der Waals surface area contributed by atoms with Crippen molar-refractivity contribution >= 4 is 29.6 Å². The molecule has 10 nitrogen and oxygen atoms in total. The minimum Gasteiger partial charge on any atom is -0.374 e. The zero-order valence-electron chi connectivity index (χ0n) is 28.5. The first-order valence-electron chi connectivity index (χ1n) is 16.4. The number of piperazine rings is 1. The minimum absolute atomic E-state index is 0.0740. The normalized spacial score (nSPS) is 15.6. The number of ketones is 1. The van der Waals surface area contributed by atoms with Gasteiger partial charge in [-0.3, -0.25) is 19.4 Å². The number of hydrogen-bond donors (Lipinski definition) is 2. The maximum absolute atomic E-state index is 13.6. The number of anilines is 1. The molecule has 0 radical (unpaired) electrons. The summed E-state index contributed by atoms with van der Waals surface area (Å²) in [6.45, 7) is 8.61. The summed E-state index contributed by atoms with van der Waals surface area (Å²) in [5, 5.41) is 2.60. The van der Waals surface area contributed by atoms with E-state index in [-0.39, 0.29) is 24.2 Å². The van der Waals surface area contributed by atoms with Crippen LogP contribution in [0.2, 0.25) is 0 Å². The smallest absolute Gasteiger partial charge is 0.250 e. The Balaban J connectivity index is 0.000000238. The largest absolute Gasteiger partial charge is 0.374 e. The molecule has 1 fully saturated rings. The number of carbonyl (C=O) groups is 3. The van der Waals surface area contributed by atoms with E-state index in [4.69, 9.17) is 16.9 Å². The summed E-state index contributed by atoms with van der Waals surface area (Å²) in [4.78, 5) is 47.3. The van der Waals surface area contributed by atoms with Gasteiger partial charge in [-0.25, -0.2) is 0 Å². The predicted octanol–water partition coefficient (Wildman–Crippen LogP) is 3.95. The standard InChI is InChI=1S/C24H24N4O.C15H22N2O3/c1-2-20-17-25-19-28(18-20)23(21-9-5-3-6-10-21)24(29)27-15-13-26(14-16-27)22-11-7-4-8-12-22;1-11(18)13(17-14(19)15(2,3)16)10-20-9-12-7-5-4-6-8-12/h1,3-12,18-19,23H,13-17H2;4-8,13H,9-10,16H2,1-3H3,(H,17,19)/t;13-/m.1/s1. The lowest BCUT2D eigenvalue weighted by Crippen LogP contribution is -2.54. The number of terminal acetylenes is 1. The van der Waals surface area contributed by atoms with Gasteiger partial charge in [-0.2, -0.15) is 0 Å². The quantitative estimate of drug-likeness (QED) is 0.299. The molecule has 49 heavy (non-hydrogen) atoms. The van der Waals surface area contributed by atoms with Gasteiger partial charge in [0.05, 0.1) is 31.6 Å². The maximum atomic E-state index is 13.6. The zero-order chi connectivity index (χ0) is 35.2. The van der Waals surface area contributed by atoms with E-state index < -0.39 is 17.6 Å². The highest BCUT2D eigenvalue weighted by molar-refractivity contribution is 5.91. The van der Waals surface area contributed by atoms with Crippen LogP contribution in [0.5, 0.6) is 0 Å². The lowest BCUT2D eigenvalue weighted by molar-refractivity contribution is -0.135. The van der Waals surface area contributed by atoms with E-state index in [9.17, 15) is 14.4 Å². The molecule has 2 aliphatic rings. The molecule has 2 aliphatic heterocycles. The van der Waals surface area contributed by atoms with E-state index in [2.05, 4.69) is 33.3 Å². The number of Topliss-reactive ketones (excluding diaryl/α,β-unsaturated/α-hetero) is 1. The van der Waals surface area contributed by atoms with E-state index >= 15 is 0 Å². The summed E-state index contributed by atoms with van der Waals surface area (Å²) < 4.78 is 5.48. The van der Waals surface area contributed by atoms with E-state index in [1.54, 1.807) is 20.2 Å². The highest BCUT2D eigenvalue weighted by Crippen LogP contribution is 2.26. The highest BCUT2D eigenvalue weighted by atomic mass is 16.5. The fourth-order valence-electron chi connectivity index (χ4n) is 5.26. The molecule has 2 atom stereocenters. The van der Waals surface area contributed by atoms with Crippen molar-refractivity contribution in [3.63, 3.8) is 0 Å². The van der Waals surface area contributed by atoms with Crippen molar-refractivity contribution < 1.29 is 19.1 Å². The Bertz CT molecular complexity index is 1620. The first-order valence-corrected chi connectivity index (χ1v) is 16.4. The van der Waals surface area contributed by atoms with Gasteiger partial charge >= 0.3 is 0 Å². The predicted molar refractivity (Wildman–Crippen MR) is 194 cm³/mol. The van der Waals surface area contributed by atoms with Crippen LogP contribution >= 0.6 is 0 Å². The van der Waals surface area contributed by atoms with Gasteiger partial charge in [-0.15, -0.1) is 6.42 Å². The number of carbonyl (C=O) groups excluding carboxylic acids is 3. The Kier molecular flexibility index (Phi) is 13.3. The molecule has 256 valence electrons. The molecule has 5 rings (SSSR count). The topological polar surface area (TPSA) is 121 Å². The van der Waals surface area contributed by atoms with Crippen LogP contribution in [0.15, 0.2) is 108 Å². The second-order valence-electron chi connectivity index (χ2n) is 12.5. The molecule has 1 saturated heterocycles. The molecule has 3 N–H and O–H groups in total. The van der Waals surface area contributed by atoms with Crippen molar-refractivity contribution in [2.24, 2.45) is 10.7 Å². The van der Waals surface area contributed by atoms with Gasteiger partial charge in [0.2, 0.25) is 11.8 Å². The summed E-state index contributed by atoms with van der Waals surface area (Å²) in [5.74, 6) is 2.20. The van der Waals surface area contributed by atoms with Gasteiger partial charge in [-0.05, 0) is 44.0 Å². The van der Waals surface area contributed by atoms with Gasteiger partial charge in [0, 0.05) is 43.6 Å². The van der Waals surface area contributed by atoms with Crippen molar-refractivity contribution in [3.8, 4) is 12.3 Å². The number of nitrogens with two attached hydrogens (primary N) is 1. The van der Waals surface area contributed by atoms with Crippen molar-refractivity contribution in [3.05, 3.63) is 114 Å². The molecular formula is C39H46N6O4. The molecular weight excluding hydrogens is 616 g/mol. The number of nitrogens with zero attached hydrogens (tertiary/aromatic N) is 4. The first-order chi connectivity index (χ1) is 23.6. The third-order valence-electron chi connectivity index (χ3n) is 8.10. The van der Waals surface area contributed by atoms with Crippen molar-refractivity contribution in [2.75, 3.05) is 44.2 Å². The van der Waals surface area contributed by atoms with Crippen LogP contribution in [0.4, 0.5) is 5.69 Å². The van der Waals surface area contributed by atoms with E-state index in [1.807, 2.05) is 94.9 Å². The third-order valence-corrected chi connectivity index (χ3v) is 8.10. The Labute approximate surface area is 289 Å². The summed E-state index contributed by atoms with van der Waals surface area (Å²) in [5.41, 5.74) is 8.58. The molecule has 10 heteroatoms. The molecule has 0 saturated carbocycles. The van der Waals surface area contributed by atoms with Crippen LogP contribution in [-0.2, 0) is 25.7 Å². The second kappa shape index (κ2) is 17.8. The van der Waals surface area contributed by atoms with Crippen molar-refractivity contribution in [2.45, 2.75) is 45.0 Å². The minimum atomic E-state index is -1.02. The van der Waals surface area contributed by atoms with E-state index in [0.29, 0.717) is 26.2 Å². The number of benzene rings is 3. The summed E-state index contributed by atoms with van der Waals surface area (Å²) in [7, 11) is 0. The Hall–Kier alpha value is -5.24. The number of hydrogen-bond acceptors (Lipinski definition) is 8.